The zero-order valence-electron chi connectivity index (χ0n) is 18.0. The molecule has 0 radical (unpaired) electrons. The van der Waals surface area contributed by atoms with Crippen LogP contribution in [0.25, 0.3) is 0 Å². The predicted octanol–water partition coefficient (Wildman–Crippen LogP) is 4.59. The summed E-state index contributed by atoms with van der Waals surface area (Å²) in [5, 5.41) is 10.2. The van der Waals surface area contributed by atoms with Crippen molar-refractivity contribution in [2.24, 2.45) is 5.92 Å². The van der Waals surface area contributed by atoms with Crippen LogP contribution in [-0.4, -0.2) is 57.1 Å². The molecule has 3 aliphatic rings. The van der Waals surface area contributed by atoms with Gasteiger partial charge >= 0.3 is 6.03 Å². The molecule has 8 nitrogen and oxygen atoms in total. The summed E-state index contributed by atoms with van der Waals surface area (Å²) in [7, 11) is 0. The molecule has 1 atom stereocenters. The summed E-state index contributed by atoms with van der Waals surface area (Å²) in [4.78, 5) is 16.2. The third-order valence-corrected chi connectivity index (χ3v) is 7.74. The highest BCUT2D eigenvalue weighted by atomic mass is 32.2. The fourth-order valence-electron chi connectivity index (χ4n) is 4.60. The number of hydrogen-bond acceptors (Lipinski definition) is 6. The minimum atomic E-state index is -2.76. The first-order valence-electron chi connectivity index (χ1n) is 11.1. The molecule has 1 amide bonds. The third kappa shape index (κ3) is 4.25. The molecule has 5 rings (SSSR count). The van der Waals surface area contributed by atoms with Gasteiger partial charge in [0.15, 0.2) is 5.69 Å². The number of anilines is 2. The molecule has 2 fully saturated rings. The minimum Gasteiger partial charge on any atom is -0.379 e. The average molecular weight is 467 g/mol. The van der Waals surface area contributed by atoms with Gasteiger partial charge in [0.1, 0.15) is 11.3 Å². The number of carbonyl (C=O) groups excluding carboxylic acids is 1. The van der Waals surface area contributed by atoms with E-state index >= 15 is 0 Å². The third-order valence-electron chi connectivity index (χ3n) is 6.51. The van der Waals surface area contributed by atoms with E-state index in [-0.39, 0.29) is 22.9 Å². The van der Waals surface area contributed by atoms with Crippen LogP contribution in [0.15, 0.2) is 23.4 Å². The van der Waals surface area contributed by atoms with Gasteiger partial charge in [0.25, 0.3) is 6.43 Å². The standard InChI is InChI=1S/C21H28F2N6O2S/c1-13-2-4-14(5-3-13)29-12-15(17(26-29)18(22)23)24-20(30)28-7-6-16-19(28)25-21(32-16)27-8-10-31-11-9-27/h6-7,12-14,18,21,25H,2-5,8-11H2,1H3,(H,24,30). The number of halogens is 2. The van der Waals surface area contributed by atoms with Crippen molar-refractivity contribution in [2.75, 3.05) is 36.9 Å². The first-order chi connectivity index (χ1) is 15.5. The van der Waals surface area contributed by atoms with Gasteiger partial charge in [-0.25, -0.2) is 13.6 Å². The van der Waals surface area contributed by atoms with E-state index in [1.54, 1.807) is 28.8 Å². The van der Waals surface area contributed by atoms with Crippen molar-refractivity contribution in [3.05, 3.63) is 24.2 Å². The van der Waals surface area contributed by atoms with Gasteiger partial charge in [-0.15, -0.1) is 0 Å². The Bertz CT molecular complexity index is 966. The van der Waals surface area contributed by atoms with Crippen molar-refractivity contribution < 1.29 is 18.3 Å². The summed E-state index contributed by atoms with van der Waals surface area (Å²) in [5.41, 5.74) is -0.284. The van der Waals surface area contributed by atoms with Crippen molar-refractivity contribution in [2.45, 2.75) is 55.5 Å². The second kappa shape index (κ2) is 9.03. The van der Waals surface area contributed by atoms with Crippen LogP contribution in [0.1, 0.15) is 50.8 Å². The van der Waals surface area contributed by atoms with Crippen LogP contribution in [0.5, 0.6) is 0 Å². The summed E-state index contributed by atoms with van der Waals surface area (Å²) in [6.45, 7) is 5.21. The van der Waals surface area contributed by atoms with Crippen molar-refractivity contribution in [3.63, 3.8) is 0 Å². The van der Waals surface area contributed by atoms with E-state index in [4.69, 9.17) is 4.74 Å². The van der Waals surface area contributed by atoms with E-state index in [2.05, 4.69) is 27.6 Å². The molecule has 2 aromatic heterocycles. The smallest absolute Gasteiger partial charge is 0.331 e. The first kappa shape index (κ1) is 21.7. The summed E-state index contributed by atoms with van der Waals surface area (Å²) in [6, 6.07) is 1.48. The molecule has 0 aromatic carbocycles. The van der Waals surface area contributed by atoms with Crippen molar-refractivity contribution in [3.8, 4) is 0 Å². The second-order valence-corrected chi connectivity index (χ2v) is 9.84. The Balaban J connectivity index is 1.31. The lowest BCUT2D eigenvalue weighted by atomic mass is 9.87. The van der Waals surface area contributed by atoms with Crippen molar-refractivity contribution in [1.82, 2.24) is 19.2 Å². The van der Waals surface area contributed by atoms with E-state index in [9.17, 15) is 13.6 Å². The average Bonchev–Trinajstić information content (AvgIpc) is 3.49. The Kier molecular flexibility index (Phi) is 6.13. The molecular weight excluding hydrogens is 438 g/mol. The van der Waals surface area contributed by atoms with Gasteiger partial charge in [-0.05, 0) is 37.7 Å². The highest BCUT2D eigenvalue weighted by molar-refractivity contribution is 8.00. The molecule has 4 heterocycles. The number of carbonyl (C=O) groups is 1. The lowest BCUT2D eigenvalue weighted by Gasteiger charge is -2.31. The van der Waals surface area contributed by atoms with Crippen LogP contribution in [0.2, 0.25) is 0 Å². The van der Waals surface area contributed by atoms with Crippen LogP contribution >= 0.6 is 11.8 Å². The highest BCUT2D eigenvalue weighted by Gasteiger charge is 2.32. The van der Waals surface area contributed by atoms with Gasteiger partial charge in [-0.2, -0.15) is 5.10 Å². The number of aromatic nitrogens is 3. The Labute approximate surface area is 189 Å². The summed E-state index contributed by atoms with van der Waals surface area (Å²) >= 11 is 1.64. The molecule has 174 valence electrons. The van der Waals surface area contributed by atoms with E-state index in [0.29, 0.717) is 24.9 Å². The summed E-state index contributed by atoms with van der Waals surface area (Å²) in [5.74, 6) is 1.33. The van der Waals surface area contributed by atoms with E-state index in [1.165, 1.54) is 4.57 Å². The number of nitrogens with zero attached hydrogens (tertiary/aromatic N) is 4. The minimum absolute atomic E-state index is 0.0252. The summed E-state index contributed by atoms with van der Waals surface area (Å²) < 4.78 is 35.8. The number of amides is 1. The number of fused-ring (bicyclic) bond motifs is 1. The number of thioether (sulfide) groups is 1. The van der Waals surface area contributed by atoms with Crippen LogP contribution in [0.3, 0.4) is 0 Å². The summed E-state index contributed by atoms with van der Waals surface area (Å²) in [6.07, 6.45) is 4.39. The Morgan fingerprint density at radius 3 is 2.75 bits per heavy atom. The van der Waals surface area contributed by atoms with E-state index in [1.807, 2.05) is 6.07 Å². The Morgan fingerprint density at radius 2 is 2.03 bits per heavy atom. The first-order valence-corrected chi connectivity index (χ1v) is 12.0. The molecule has 0 spiro atoms. The molecule has 1 saturated carbocycles. The number of nitrogens with one attached hydrogen (secondary N) is 2. The van der Waals surface area contributed by atoms with E-state index in [0.717, 1.165) is 43.7 Å². The maximum atomic E-state index is 13.7. The van der Waals surface area contributed by atoms with Crippen LogP contribution in [0, 0.1) is 5.92 Å². The van der Waals surface area contributed by atoms with Crippen molar-refractivity contribution >= 4 is 29.3 Å². The Hall–Kier alpha value is -2.11. The molecule has 2 aliphatic heterocycles. The quantitative estimate of drug-likeness (QED) is 0.687. The molecule has 2 aromatic rings. The van der Waals surface area contributed by atoms with E-state index < -0.39 is 12.5 Å². The van der Waals surface area contributed by atoms with Crippen molar-refractivity contribution in [1.29, 1.82) is 0 Å². The van der Waals surface area contributed by atoms with Gasteiger partial charge in [0.2, 0.25) is 0 Å². The SMILES string of the molecule is CC1CCC(n2cc(NC(=O)n3ccc4c3NC(N3CCOCC3)S4)c(C(F)F)n2)CC1. The number of ether oxygens (including phenoxy) is 1. The van der Waals surface area contributed by atoms with Crippen LogP contribution in [-0.2, 0) is 4.74 Å². The largest absolute Gasteiger partial charge is 0.379 e. The monoisotopic (exact) mass is 466 g/mol. The number of hydrogen-bond donors (Lipinski definition) is 2. The molecule has 1 saturated heterocycles. The van der Waals surface area contributed by atoms with Gasteiger partial charge in [0, 0.05) is 25.5 Å². The maximum Gasteiger partial charge on any atom is 0.331 e. The molecule has 1 unspecified atom stereocenters. The topological polar surface area (TPSA) is 76.4 Å². The van der Waals surface area contributed by atoms with Crippen LogP contribution in [0.4, 0.5) is 25.1 Å². The molecule has 1 aliphatic carbocycles. The molecule has 11 heteroatoms. The van der Waals surface area contributed by atoms with Gasteiger partial charge in [0.05, 0.1) is 29.8 Å². The number of morpholine rings is 1. The lowest BCUT2D eigenvalue weighted by Crippen LogP contribution is -2.44. The maximum absolute atomic E-state index is 13.7. The number of rotatable bonds is 4. The zero-order chi connectivity index (χ0) is 22.2. The lowest BCUT2D eigenvalue weighted by molar-refractivity contribution is 0.0365. The van der Waals surface area contributed by atoms with Gasteiger partial charge < -0.3 is 15.4 Å². The number of alkyl halides is 2. The van der Waals surface area contributed by atoms with Gasteiger partial charge in [-0.1, -0.05) is 18.7 Å². The highest BCUT2D eigenvalue weighted by Crippen LogP contribution is 2.41. The van der Waals surface area contributed by atoms with Gasteiger partial charge in [-0.3, -0.25) is 14.1 Å². The molecular formula is C21H28F2N6O2S. The normalized spacial score (nSPS) is 26.2. The molecule has 2 N–H and O–H groups in total. The molecule has 0 bridgehead atoms. The fraction of sp³-hybridized carbons (Fsp3) is 0.619. The Morgan fingerprint density at radius 1 is 1.28 bits per heavy atom. The van der Waals surface area contributed by atoms with Crippen LogP contribution < -0.4 is 10.6 Å². The zero-order valence-corrected chi connectivity index (χ0v) is 18.8. The molecule has 32 heavy (non-hydrogen) atoms. The fourth-order valence-corrected chi connectivity index (χ4v) is 5.78. The predicted molar refractivity (Wildman–Crippen MR) is 118 cm³/mol. The second-order valence-electron chi connectivity index (χ2n) is 8.71.